The number of rotatable bonds is 0. The summed E-state index contributed by atoms with van der Waals surface area (Å²) in [5, 5.41) is 0. The third-order valence-corrected chi connectivity index (χ3v) is 0.887. The van der Waals surface area contributed by atoms with Gasteiger partial charge in [0.1, 0.15) is 0 Å². The molecule has 2 N–H and O–H groups in total. The molecule has 3 nitrogen and oxygen atoms in total. The van der Waals surface area contributed by atoms with E-state index >= 15 is 0 Å². The summed E-state index contributed by atoms with van der Waals surface area (Å²) in [5.41, 5.74) is 5.60. The number of aromatic nitrogens is 1. The monoisotopic (exact) mass is 122 g/mol. The van der Waals surface area contributed by atoms with Gasteiger partial charge in [-0.2, -0.15) is 0 Å². The van der Waals surface area contributed by atoms with Crippen LogP contribution in [0.2, 0.25) is 0 Å². The molecule has 0 aliphatic carbocycles. The maximum Gasteiger partial charge on any atom is 0.269 e. The molecule has 0 aromatic carbocycles. The Morgan fingerprint density at radius 1 is 1.33 bits per heavy atom. The number of hydrogen-bond donors (Lipinski definition) is 1. The van der Waals surface area contributed by atoms with E-state index in [4.69, 9.17) is 5.73 Å². The molecular formula is C6H6N2O. The molecule has 0 amide bonds. The quantitative estimate of drug-likeness (QED) is 0.528. The molecule has 0 saturated heterocycles. The third kappa shape index (κ3) is 1.53. The van der Waals surface area contributed by atoms with Crippen LogP contribution in [0.4, 0.5) is 5.69 Å². The second-order valence-electron chi connectivity index (χ2n) is 1.62. The largest absolute Gasteiger partial charge is 0.399 e. The van der Waals surface area contributed by atoms with Gasteiger partial charge in [0, 0.05) is 18.0 Å². The summed E-state index contributed by atoms with van der Waals surface area (Å²) in [5.74, 6) is 0. The van der Waals surface area contributed by atoms with Crippen LogP contribution in [0.5, 0.6) is 0 Å². The molecule has 1 heterocycles. The molecule has 1 aromatic rings. The number of anilines is 1. The number of hydrogen-bond acceptors (Lipinski definition) is 3. The Labute approximate surface area is 52.2 Å². The first-order valence-electron chi connectivity index (χ1n) is 2.51. The van der Waals surface area contributed by atoms with E-state index in [0.29, 0.717) is 5.69 Å². The number of nitrogen functional groups attached to an aromatic ring is 1. The van der Waals surface area contributed by atoms with Crippen molar-refractivity contribution in [2.24, 2.45) is 0 Å². The fourth-order valence-corrected chi connectivity index (χ4v) is 0.463. The molecular weight excluding hydrogens is 116 g/mol. The van der Waals surface area contributed by atoms with E-state index in [1.54, 1.807) is 6.07 Å². The average Bonchev–Trinajstić information content (AvgIpc) is 1.97. The standard InChI is InChI=1S/C6H6N2O/c7-5-1-2-6(9)8-4-3-5/h1-4H,7H2. The highest BCUT2D eigenvalue weighted by Gasteiger charge is 1.78. The fraction of sp³-hybridized carbons (Fsp3) is 0. The molecule has 0 fully saturated rings. The molecule has 0 radical (unpaired) electrons. The van der Waals surface area contributed by atoms with Crippen LogP contribution in [-0.4, -0.2) is 4.98 Å². The van der Waals surface area contributed by atoms with Crippen molar-refractivity contribution in [3.63, 3.8) is 0 Å². The predicted octanol–water partition coefficient (Wildman–Crippen LogP) is 0.0240. The first-order chi connectivity index (χ1) is 4.29. The van der Waals surface area contributed by atoms with Gasteiger partial charge in [-0.15, -0.1) is 0 Å². The molecule has 0 aliphatic rings. The highest BCUT2D eigenvalue weighted by molar-refractivity contribution is 5.33. The Balaban J connectivity index is 3.33. The van der Waals surface area contributed by atoms with Crippen molar-refractivity contribution in [2.75, 3.05) is 5.73 Å². The van der Waals surface area contributed by atoms with Crippen molar-refractivity contribution in [3.05, 3.63) is 34.7 Å². The van der Waals surface area contributed by atoms with Crippen LogP contribution in [0, 0.1) is 0 Å². The van der Waals surface area contributed by atoms with Crippen LogP contribution >= 0.6 is 0 Å². The average molecular weight is 122 g/mol. The summed E-state index contributed by atoms with van der Waals surface area (Å²) >= 11 is 0. The lowest BCUT2D eigenvalue weighted by Gasteiger charge is -1.75. The van der Waals surface area contributed by atoms with E-state index in [2.05, 4.69) is 4.98 Å². The third-order valence-electron chi connectivity index (χ3n) is 0.887. The van der Waals surface area contributed by atoms with Crippen LogP contribution < -0.4 is 11.3 Å². The van der Waals surface area contributed by atoms with Crippen molar-refractivity contribution < 1.29 is 0 Å². The lowest BCUT2D eigenvalue weighted by Crippen LogP contribution is -1.96. The molecule has 0 spiro atoms. The molecule has 0 saturated carbocycles. The SMILES string of the molecule is Nc1ccnc(=O)cc1. The summed E-state index contributed by atoms with van der Waals surface area (Å²) in [6.07, 6.45) is 1.39. The van der Waals surface area contributed by atoms with Crippen molar-refractivity contribution in [1.82, 2.24) is 4.98 Å². The van der Waals surface area contributed by atoms with E-state index in [9.17, 15) is 4.79 Å². The Hall–Kier alpha value is -1.38. The summed E-state index contributed by atoms with van der Waals surface area (Å²) < 4.78 is 0. The second kappa shape index (κ2) is 2.26. The Morgan fingerprint density at radius 2 is 2.11 bits per heavy atom. The van der Waals surface area contributed by atoms with Crippen LogP contribution in [0.1, 0.15) is 0 Å². The highest BCUT2D eigenvalue weighted by Crippen LogP contribution is 1.90. The van der Waals surface area contributed by atoms with Gasteiger partial charge in [0.2, 0.25) is 0 Å². The molecule has 0 unspecified atom stereocenters. The van der Waals surface area contributed by atoms with Crippen molar-refractivity contribution in [1.29, 1.82) is 0 Å². The Bertz CT molecular complexity index is 259. The summed E-state index contributed by atoms with van der Waals surface area (Å²) in [6.45, 7) is 0. The van der Waals surface area contributed by atoms with Gasteiger partial charge in [0.25, 0.3) is 5.56 Å². The van der Waals surface area contributed by atoms with Crippen molar-refractivity contribution >= 4 is 5.69 Å². The van der Waals surface area contributed by atoms with Gasteiger partial charge in [0.15, 0.2) is 0 Å². The van der Waals surface area contributed by atoms with Gasteiger partial charge in [-0.05, 0) is 12.1 Å². The smallest absolute Gasteiger partial charge is 0.269 e. The predicted molar refractivity (Wildman–Crippen MR) is 34.9 cm³/mol. The normalized spacial score (nSPS) is 8.89. The maximum absolute atomic E-state index is 10.5. The molecule has 9 heavy (non-hydrogen) atoms. The Kier molecular flexibility index (Phi) is 1.44. The van der Waals surface area contributed by atoms with Crippen LogP contribution in [0.25, 0.3) is 0 Å². The first-order valence-corrected chi connectivity index (χ1v) is 2.51. The van der Waals surface area contributed by atoms with E-state index in [-0.39, 0.29) is 5.56 Å². The minimum absolute atomic E-state index is 0.272. The van der Waals surface area contributed by atoms with E-state index in [1.807, 2.05) is 0 Å². The zero-order chi connectivity index (χ0) is 6.69. The van der Waals surface area contributed by atoms with Crippen molar-refractivity contribution in [2.45, 2.75) is 0 Å². The second-order valence-corrected chi connectivity index (χ2v) is 1.62. The Morgan fingerprint density at radius 3 is 2.89 bits per heavy atom. The highest BCUT2D eigenvalue weighted by atomic mass is 16.1. The minimum Gasteiger partial charge on any atom is -0.399 e. The molecule has 0 atom stereocenters. The first kappa shape index (κ1) is 5.75. The molecule has 1 rings (SSSR count). The summed E-state index contributed by atoms with van der Waals surface area (Å²) in [6, 6.07) is 4.42. The molecule has 46 valence electrons. The van der Waals surface area contributed by atoms with E-state index in [0.717, 1.165) is 0 Å². The minimum atomic E-state index is -0.272. The number of nitrogens with two attached hydrogens (primary N) is 1. The van der Waals surface area contributed by atoms with Crippen LogP contribution in [-0.2, 0) is 0 Å². The van der Waals surface area contributed by atoms with Gasteiger partial charge in [0.05, 0.1) is 0 Å². The lowest BCUT2D eigenvalue weighted by molar-refractivity contribution is 1.27. The van der Waals surface area contributed by atoms with Gasteiger partial charge in [-0.1, -0.05) is 0 Å². The van der Waals surface area contributed by atoms with Gasteiger partial charge in [-0.3, -0.25) is 4.79 Å². The molecule has 1 aromatic heterocycles. The summed E-state index contributed by atoms with van der Waals surface area (Å²) in [7, 11) is 0. The fourth-order valence-electron chi connectivity index (χ4n) is 0.463. The van der Waals surface area contributed by atoms with Crippen LogP contribution in [0.15, 0.2) is 29.2 Å². The van der Waals surface area contributed by atoms with E-state index in [1.165, 1.54) is 18.3 Å². The zero-order valence-corrected chi connectivity index (χ0v) is 4.74. The lowest BCUT2D eigenvalue weighted by atomic mass is 10.4. The summed E-state index contributed by atoms with van der Waals surface area (Å²) in [4.78, 5) is 13.9. The molecule has 0 aliphatic heterocycles. The number of nitrogens with zero attached hydrogens (tertiary/aromatic N) is 1. The van der Waals surface area contributed by atoms with Gasteiger partial charge in [-0.25, -0.2) is 4.98 Å². The van der Waals surface area contributed by atoms with Gasteiger partial charge >= 0.3 is 0 Å². The molecule has 0 bridgehead atoms. The maximum atomic E-state index is 10.5. The van der Waals surface area contributed by atoms with Crippen molar-refractivity contribution in [3.8, 4) is 0 Å². The van der Waals surface area contributed by atoms with E-state index < -0.39 is 0 Å². The zero-order valence-electron chi connectivity index (χ0n) is 4.74. The van der Waals surface area contributed by atoms with Gasteiger partial charge < -0.3 is 5.73 Å². The molecule has 3 heteroatoms. The topological polar surface area (TPSA) is 56.0 Å². The van der Waals surface area contributed by atoms with Crippen LogP contribution in [0.3, 0.4) is 0 Å².